The van der Waals surface area contributed by atoms with E-state index < -0.39 is 11.0 Å². The molecule has 0 bridgehead atoms. The van der Waals surface area contributed by atoms with E-state index >= 15 is 0 Å². The molecular weight excluding hydrogens is 258 g/mol. The van der Waals surface area contributed by atoms with Crippen molar-refractivity contribution < 1.29 is 8.95 Å². The van der Waals surface area contributed by atoms with E-state index in [0.717, 1.165) is 11.3 Å². The Morgan fingerprint density at radius 2 is 2.05 bits per heavy atom. The van der Waals surface area contributed by atoms with E-state index in [4.69, 9.17) is 4.74 Å². The molecule has 0 radical (unpaired) electrons. The van der Waals surface area contributed by atoms with Gasteiger partial charge in [-0.15, -0.1) is 6.58 Å². The van der Waals surface area contributed by atoms with Crippen molar-refractivity contribution in [2.75, 3.05) is 7.11 Å². The van der Waals surface area contributed by atoms with Crippen molar-refractivity contribution in [2.45, 2.75) is 38.0 Å². The lowest BCUT2D eigenvalue weighted by molar-refractivity contribution is 0.404. The van der Waals surface area contributed by atoms with E-state index in [1.54, 1.807) is 7.11 Å². The summed E-state index contributed by atoms with van der Waals surface area (Å²) in [6, 6.07) is 7.71. The molecule has 19 heavy (non-hydrogen) atoms. The van der Waals surface area contributed by atoms with Crippen molar-refractivity contribution in [3.63, 3.8) is 0 Å². The van der Waals surface area contributed by atoms with Crippen LogP contribution in [0.1, 0.15) is 38.8 Å². The summed E-state index contributed by atoms with van der Waals surface area (Å²) in [6.07, 6.45) is 2.52. The fourth-order valence-corrected chi connectivity index (χ4v) is 2.50. The van der Waals surface area contributed by atoms with Crippen molar-refractivity contribution in [2.24, 2.45) is 0 Å². The van der Waals surface area contributed by atoms with Crippen LogP contribution < -0.4 is 9.46 Å². The Labute approximate surface area is 118 Å². The summed E-state index contributed by atoms with van der Waals surface area (Å²) in [5.74, 6) is 0.799. The molecule has 1 rings (SSSR count). The molecule has 0 saturated carbocycles. The van der Waals surface area contributed by atoms with Crippen LogP contribution in [0.4, 0.5) is 0 Å². The van der Waals surface area contributed by atoms with Crippen LogP contribution in [0.25, 0.3) is 0 Å². The molecule has 1 N–H and O–H groups in total. The lowest BCUT2D eigenvalue weighted by Crippen LogP contribution is -2.35. The van der Waals surface area contributed by atoms with Crippen molar-refractivity contribution in [3.8, 4) is 5.75 Å². The van der Waals surface area contributed by atoms with E-state index in [1.807, 2.05) is 51.1 Å². The molecule has 4 heteroatoms. The first-order valence-electron chi connectivity index (χ1n) is 6.32. The number of para-hydroxylation sites is 1. The second-order valence-electron chi connectivity index (χ2n) is 5.32. The molecule has 0 heterocycles. The van der Waals surface area contributed by atoms with E-state index in [-0.39, 0.29) is 10.8 Å². The SMILES string of the molecule is C=CC[C@H](N[S@](=O)C(C)(C)C)c1ccccc1OC. The van der Waals surface area contributed by atoms with Crippen molar-refractivity contribution in [3.05, 3.63) is 42.5 Å². The number of hydrogen-bond donors (Lipinski definition) is 1. The fraction of sp³-hybridized carbons (Fsp3) is 0.467. The van der Waals surface area contributed by atoms with Crippen molar-refractivity contribution >= 4 is 11.0 Å². The van der Waals surface area contributed by atoms with Crippen LogP contribution in [-0.4, -0.2) is 16.1 Å². The van der Waals surface area contributed by atoms with Crippen LogP contribution in [0, 0.1) is 0 Å². The van der Waals surface area contributed by atoms with Gasteiger partial charge in [-0.05, 0) is 33.3 Å². The van der Waals surface area contributed by atoms with Gasteiger partial charge in [0.25, 0.3) is 0 Å². The van der Waals surface area contributed by atoms with Gasteiger partial charge in [-0.3, -0.25) is 0 Å². The molecule has 0 aliphatic carbocycles. The second kappa shape index (κ2) is 6.87. The number of nitrogens with one attached hydrogen (secondary N) is 1. The van der Waals surface area contributed by atoms with Gasteiger partial charge in [0.15, 0.2) is 0 Å². The quantitative estimate of drug-likeness (QED) is 0.812. The van der Waals surface area contributed by atoms with E-state index in [9.17, 15) is 4.21 Å². The van der Waals surface area contributed by atoms with Gasteiger partial charge in [-0.1, -0.05) is 24.3 Å². The Hall–Kier alpha value is -1.13. The first-order valence-corrected chi connectivity index (χ1v) is 7.47. The standard InChI is InChI=1S/C15H23NO2S/c1-6-9-13(16-19(17)15(2,3)4)12-10-7-8-11-14(12)18-5/h6-8,10-11,13,16H,1,9H2,2-5H3/t13-,19+/m0/s1. The maximum Gasteiger partial charge on any atom is 0.123 e. The summed E-state index contributed by atoms with van der Waals surface area (Å²) in [7, 11) is 0.510. The largest absolute Gasteiger partial charge is 0.496 e. The Morgan fingerprint density at radius 1 is 1.42 bits per heavy atom. The number of benzene rings is 1. The van der Waals surface area contributed by atoms with Crippen LogP contribution in [0.5, 0.6) is 5.75 Å². The molecule has 0 aliphatic heterocycles. The van der Waals surface area contributed by atoms with Gasteiger partial charge >= 0.3 is 0 Å². The first kappa shape index (κ1) is 15.9. The zero-order chi connectivity index (χ0) is 14.5. The smallest absolute Gasteiger partial charge is 0.123 e. The summed E-state index contributed by atoms with van der Waals surface area (Å²) in [5.41, 5.74) is 1.00. The van der Waals surface area contributed by atoms with Gasteiger partial charge in [-0.2, -0.15) is 0 Å². The first-order chi connectivity index (χ1) is 8.90. The summed E-state index contributed by atoms with van der Waals surface area (Å²) in [6.45, 7) is 9.61. The normalized spacial score (nSPS) is 14.7. The van der Waals surface area contributed by atoms with Crippen LogP contribution in [0.3, 0.4) is 0 Å². The minimum Gasteiger partial charge on any atom is -0.496 e. The molecule has 0 amide bonds. The average molecular weight is 281 g/mol. The molecule has 3 nitrogen and oxygen atoms in total. The Morgan fingerprint density at radius 3 is 2.58 bits per heavy atom. The third-order valence-electron chi connectivity index (χ3n) is 2.72. The minimum atomic E-state index is -1.13. The predicted octanol–water partition coefficient (Wildman–Crippen LogP) is 3.36. The highest BCUT2D eigenvalue weighted by Crippen LogP contribution is 2.28. The molecular formula is C15H23NO2S. The third kappa shape index (κ3) is 4.48. The van der Waals surface area contributed by atoms with E-state index in [1.165, 1.54) is 0 Å². The Balaban J connectivity index is 3.00. The highest BCUT2D eigenvalue weighted by atomic mass is 32.2. The zero-order valence-corrected chi connectivity index (χ0v) is 12.9. The molecule has 0 aliphatic rings. The number of methoxy groups -OCH3 is 1. The second-order valence-corrected chi connectivity index (χ2v) is 7.32. The predicted molar refractivity (Wildman–Crippen MR) is 81.6 cm³/mol. The van der Waals surface area contributed by atoms with Crippen LogP contribution >= 0.6 is 0 Å². The molecule has 2 atom stereocenters. The number of ether oxygens (including phenoxy) is 1. The molecule has 0 saturated heterocycles. The molecule has 0 spiro atoms. The van der Waals surface area contributed by atoms with Gasteiger partial charge in [0, 0.05) is 5.56 Å². The van der Waals surface area contributed by atoms with Gasteiger partial charge in [-0.25, -0.2) is 8.93 Å². The summed E-state index contributed by atoms with van der Waals surface area (Å²) < 4.78 is 20.5. The molecule has 106 valence electrons. The molecule has 0 unspecified atom stereocenters. The van der Waals surface area contributed by atoms with Crippen LogP contribution in [-0.2, 0) is 11.0 Å². The Kier molecular flexibility index (Phi) is 5.76. The lowest BCUT2D eigenvalue weighted by Gasteiger charge is -2.25. The van der Waals surface area contributed by atoms with Gasteiger partial charge in [0.2, 0.25) is 0 Å². The highest BCUT2D eigenvalue weighted by Gasteiger charge is 2.24. The molecule has 0 aromatic heterocycles. The lowest BCUT2D eigenvalue weighted by atomic mass is 10.0. The molecule has 0 fully saturated rings. The van der Waals surface area contributed by atoms with Gasteiger partial charge in [0.05, 0.1) is 28.9 Å². The average Bonchev–Trinajstić information content (AvgIpc) is 2.37. The zero-order valence-electron chi connectivity index (χ0n) is 12.1. The maximum atomic E-state index is 12.2. The van der Waals surface area contributed by atoms with Gasteiger partial charge in [0.1, 0.15) is 5.75 Å². The van der Waals surface area contributed by atoms with Crippen LogP contribution in [0.15, 0.2) is 36.9 Å². The van der Waals surface area contributed by atoms with Gasteiger partial charge < -0.3 is 4.74 Å². The Bertz CT molecular complexity index is 452. The summed E-state index contributed by atoms with van der Waals surface area (Å²) in [4.78, 5) is 0. The maximum absolute atomic E-state index is 12.2. The summed E-state index contributed by atoms with van der Waals surface area (Å²) in [5, 5.41) is 0. The van der Waals surface area contributed by atoms with Crippen molar-refractivity contribution in [1.82, 2.24) is 4.72 Å². The highest BCUT2D eigenvalue weighted by molar-refractivity contribution is 7.84. The number of hydrogen-bond acceptors (Lipinski definition) is 2. The van der Waals surface area contributed by atoms with E-state index in [2.05, 4.69) is 11.3 Å². The minimum absolute atomic E-state index is 0.0614. The fourth-order valence-electron chi connectivity index (χ4n) is 1.67. The monoisotopic (exact) mass is 281 g/mol. The van der Waals surface area contributed by atoms with E-state index in [0.29, 0.717) is 6.42 Å². The number of rotatable bonds is 6. The third-order valence-corrected chi connectivity index (χ3v) is 4.33. The molecule has 1 aromatic rings. The topological polar surface area (TPSA) is 38.3 Å². The molecule has 1 aromatic carbocycles. The van der Waals surface area contributed by atoms with Crippen LogP contribution in [0.2, 0.25) is 0 Å². The summed E-state index contributed by atoms with van der Waals surface area (Å²) >= 11 is 0. The van der Waals surface area contributed by atoms with Crippen molar-refractivity contribution in [1.29, 1.82) is 0 Å².